The van der Waals surface area contributed by atoms with E-state index in [1.807, 2.05) is 0 Å². The smallest absolute Gasteiger partial charge is 0.210 e. The predicted octanol–water partition coefficient (Wildman–Crippen LogP) is 2.68. The SMILES string of the molecule is Nc1nnc(N2CC[C@H](Oc3cc(F)ccc3Br)C2)s1. The molecule has 0 bridgehead atoms. The van der Waals surface area contributed by atoms with Gasteiger partial charge in [-0.3, -0.25) is 0 Å². The molecule has 1 aliphatic heterocycles. The topological polar surface area (TPSA) is 64.3 Å². The van der Waals surface area contributed by atoms with Crippen LogP contribution in [0.15, 0.2) is 22.7 Å². The normalized spacial score (nSPS) is 18.5. The number of aromatic nitrogens is 2. The lowest BCUT2D eigenvalue weighted by Crippen LogP contribution is -2.24. The van der Waals surface area contributed by atoms with E-state index in [1.165, 1.54) is 23.5 Å². The van der Waals surface area contributed by atoms with Crippen molar-refractivity contribution in [1.82, 2.24) is 10.2 Å². The minimum absolute atomic E-state index is 0.00164. The summed E-state index contributed by atoms with van der Waals surface area (Å²) in [6.07, 6.45) is 0.848. The second kappa shape index (κ2) is 5.53. The van der Waals surface area contributed by atoms with Gasteiger partial charge in [-0.15, -0.1) is 10.2 Å². The number of hydrogen-bond acceptors (Lipinski definition) is 6. The standard InChI is InChI=1S/C12H12BrFN4OS/c13-9-2-1-7(14)5-10(9)19-8-3-4-18(6-8)12-17-16-11(15)20-12/h1-2,5,8H,3-4,6H2,(H2,15,16)/t8-/m0/s1. The quantitative estimate of drug-likeness (QED) is 0.913. The molecule has 0 radical (unpaired) electrons. The molecule has 1 fully saturated rings. The largest absolute Gasteiger partial charge is 0.487 e. The van der Waals surface area contributed by atoms with Crippen LogP contribution in [0.1, 0.15) is 6.42 Å². The summed E-state index contributed by atoms with van der Waals surface area (Å²) in [6.45, 7) is 1.52. The summed E-state index contributed by atoms with van der Waals surface area (Å²) in [5, 5.41) is 9.07. The Morgan fingerprint density at radius 3 is 3.05 bits per heavy atom. The lowest BCUT2D eigenvalue weighted by Gasteiger charge is -2.16. The predicted molar refractivity (Wildman–Crippen MR) is 79.7 cm³/mol. The van der Waals surface area contributed by atoms with Gasteiger partial charge >= 0.3 is 0 Å². The van der Waals surface area contributed by atoms with Crippen LogP contribution < -0.4 is 15.4 Å². The summed E-state index contributed by atoms with van der Waals surface area (Å²) >= 11 is 4.71. The number of nitrogen functional groups attached to an aromatic ring is 1. The van der Waals surface area contributed by atoms with Gasteiger partial charge in [0.15, 0.2) is 0 Å². The Labute approximate surface area is 127 Å². The highest BCUT2D eigenvalue weighted by atomic mass is 79.9. The van der Waals surface area contributed by atoms with Crippen LogP contribution >= 0.6 is 27.3 Å². The molecule has 20 heavy (non-hydrogen) atoms. The molecule has 5 nitrogen and oxygen atoms in total. The molecule has 106 valence electrons. The third-order valence-electron chi connectivity index (χ3n) is 3.03. The van der Waals surface area contributed by atoms with Crippen LogP contribution in [-0.2, 0) is 0 Å². The Bertz CT molecular complexity index is 623. The molecule has 1 aliphatic rings. The van der Waals surface area contributed by atoms with E-state index in [2.05, 4.69) is 31.0 Å². The van der Waals surface area contributed by atoms with Gasteiger partial charge in [-0.2, -0.15) is 0 Å². The Balaban J connectivity index is 1.67. The van der Waals surface area contributed by atoms with Crippen LogP contribution in [-0.4, -0.2) is 29.4 Å². The van der Waals surface area contributed by atoms with Crippen molar-refractivity contribution in [3.63, 3.8) is 0 Å². The van der Waals surface area contributed by atoms with Crippen LogP contribution in [0, 0.1) is 5.82 Å². The highest BCUT2D eigenvalue weighted by Crippen LogP contribution is 2.30. The average Bonchev–Trinajstić information content (AvgIpc) is 3.03. The van der Waals surface area contributed by atoms with Gasteiger partial charge in [0.1, 0.15) is 17.7 Å². The van der Waals surface area contributed by atoms with Crippen LogP contribution in [0.25, 0.3) is 0 Å². The Hall–Kier alpha value is -1.41. The van der Waals surface area contributed by atoms with Crippen molar-refractivity contribution in [2.45, 2.75) is 12.5 Å². The number of ether oxygens (including phenoxy) is 1. The maximum atomic E-state index is 13.2. The number of halogens is 2. The summed E-state index contributed by atoms with van der Waals surface area (Å²) < 4.78 is 19.8. The number of anilines is 2. The third-order valence-corrected chi connectivity index (χ3v) is 4.50. The Morgan fingerprint density at radius 2 is 2.30 bits per heavy atom. The van der Waals surface area contributed by atoms with E-state index < -0.39 is 0 Å². The summed E-state index contributed by atoms with van der Waals surface area (Å²) in [6, 6.07) is 4.42. The number of nitrogens with zero attached hydrogens (tertiary/aromatic N) is 3. The number of nitrogens with two attached hydrogens (primary N) is 1. The molecule has 1 aromatic heterocycles. The molecular formula is C12H12BrFN4OS. The molecule has 2 aromatic rings. The van der Waals surface area contributed by atoms with Crippen molar-refractivity contribution < 1.29 is 9.13 Å². The van der Waals surface area contributed by atoms with Crippen LogP contribution in [0.2, 0.25) is 0 Å². The molecule has 1 saturated heterocycles. The van der Waals surface area contributed by atoms with Gasteiger partial charge < -0.3 is 15.4 Å². The molecule has 0 amide bonds. The van der Waals surface area contributed by atoms with Crippen molar-refractivity contribution in [2.75, 3.05) is 23.7 Å². The van der Waals surface area contributed by atoms with Gasteiger partial charge in [-0.1, -0.05) is 11.3 Å². The van der Waals surface area contributed by atoms with Crippen LogP contribution in [0.5, 0.6) is 5.75 Å². The van der Waals surface area contributed by atoms with Gasteiger partial charge in [-0.25, -0.2) is 4.39 Å². The third kappa shape index (κ3) is 2.85. The van der Waals surface area contributed by atoms with Gasteiger partial charge in [0.25, 0.3) is 0 Å². The molecule has 0 unspecified atom stereocenters. The summed E-state index contributed by atoms with van der Waals surface area (Å²) in [4.78, 5) is 2.08. The van der Waals surface area contributed by atoms with E-state index in [9.17, 15) is 4.39 Å². The second-order valence-electron chi connectivity index (χ2n) is 4.47. The molecule has 0 saturated carbocycles. The maximum absolute atomic E-state index is 13.2. The van der Waals surface area contributed by atoms with Crippen molar-refractivity contribution in [3.05, 3.63) is 28.5 Å². The number of benzene rings is 1. The van der Waals surface area contributed by atoms with Crippen molar-refractivity contribution in [2.24, 2.45) is 0 Å². The summed E-state index contributed by atoms with van der Waals surface area (Å²) in [7, 11) is 0. The lowest BCUT2D eigenvalue weighted by atomic mass is 10.3. The van der Waals surface area contributed by atoms with Gasteiger partial charge in [0.05, 0.1) is 11.0 Å². The fraction of sp³-hybridized carbons (Fsp3) is 0.333. The first-order chi connectivity index (χ1) is 9.61. The van der Waals surface area contributed by atoms with Gasteiger partial charge in [-0.05, 0) is 28.1 Å². The Morgan fingerprint density at radius 1 is 1.45 bits per heavy atom. The molecule has 2 heterocycles. The van der Waals surface area contributed by atoms with E-state index in [1.54, 1.807) is 6.07 Å². The zero-order chi connectivity index (χ0) is 14.1. The van der Waals surface area contributed by atoms with E-state index in [0.717, 1.165) is 22.6 Å². The van der Waals surface area contributed by atoms with Crippen LogP contribution in [0.4, 0.5) is 14.7 Å². The highest BCUT2D eigenvalue weighted by molar-refractivity contribution is 9.10. The first-order valence-corrected chi connectivity index (χ1v) is 7.68. The monoisotopic (exact) mass is 358 g/mol. The minimum Gasteiger partial charge on any atom is -0.487 e. The maximum Gasteiger partial charge on any atom is 0.210 e. The molecule has 0 aliphatic carbocycles. The zero-order valence-corrected chi connectivity index (χ0v) is 12.8. The van der Waals surface area contributed by atoms with Gasteiger partial charge in [0, 0.05) is 19.0 Å². The second-order valence-corrected chi connectivity index (χ2v) is 6.31. The fourth-order valence-corrected chi connectivity index (χ4v) is 3.08. The Kier molecular flexibility index (Phi) is 3.75. The number of rotatable bonds is 3. The molecule has 8 heteroatoms. The molecular weight excluding hydrogens is 347 g/mol. The molecule has 0 spiro atoms. The number of hydrogen-bond donors (Lipinski definition) is 1. The van der Waals surface area contributed by atoms with Crippen molar-refractivity contribution in [1.29, 1.82) is 0 Å². The molecule has 1 atom stereocenters. The highest BCUT2D eigenvalue weighted by Gasteiger charge is 2.27. The fourth-order valence-electron chi connectivity index (χ4n) is 2.10. The van der Waals surface area contributed by atoms with E-state index in [-0.39, 0.29) is 11.9 Å². The average molecular weight is 359 g/mol. The van der Waals surface area contributed by atoms with E-state index in [0.29, 0.717) is 17.4 Å². The van der Waals surface area contributed by atoms with E-state index >= 15 is 0 Å². The zero-order valence-electron chi connectivity index (χ0n) is 10.4. The summed E-state index contributed by atoms with van der Waals surface area (Å²) in [5.74, 6) is 0.212. The minimum atomic E-state index is -0.310. The molecule has 1 aromatic carbocycles. The first-order valence-electron chi connectivity index (χ1n) is 6.07. The molecule has 2 N–H and O–H groups in total. The first kappa shape index (κ1) is 13.6. The van der Waals surface area contributed by atoms with Gasteiger partial charge in [0.2, 0.25) is 10.3 Å². The lowest BCUT2D eigenvalue weighted by molar-refractivity contribution is 0.222. The van der Waals surface area contributed by atoms with Crippen LogP contribution in [0.3, 0.4) is 0 Å². The van der Waals surface area contributed by atoms with Crippen molar-refractivity contribution in [3.8, 4) is 5.75 Å². The van der Waals surface area contributed by atoms with Crippen molar-refractivity contribution >= 4 is 37.5 Å². The van der Waals surface area contributed by atoms with E-state index in [4.69, 9.17) is 10.5 Å². The summed E-state index contributed by atoms with van der Waals surface area (Å²) in [5.41, 5.74) is 5.58. The molecule has 3 rings (SSSR count).